The average Bonchev–Trinajstić information content (AvgIpc) is 2.57. The molecule has 1 aliphatic heterocycles. The second-order valence-corrected chi connectivity index (χ2v) is 14.4. The zero-order chi connectivity index (χ0) is 22.9. The molecule has 0 aliphatic carbocycles. The molecular formula is C16H21ClN2O9SSi. The minimum Gasteiger partial charge on any atom is -0.430 e. The Morgan fingerprint density at radius 1 is 1.30 bits per heavy atom. The molecule has 2 rings (SSSR count). The van der Waals surface area contributed by atoms with Gasteiger partial charge in [-0.15, -0.1) is 0 Å². The Morgan fingerprint density at radius 3 is 2.33 bits per heavy atom. The van der Waals surface area contributed by atoms with Crippen molar-refractivity contribution in [3.05, 3.63) is 39.9 Å². The van der Waals surface area contributed by atoms with Crippen molar-refractivity contribution >= 4 is 46.0 Å². The van der Waals surface area contributed by atoms with E-state index in [4.69, 9.17) is 24.6 Å². The van der Waals surface area contributed by atoms with Crippen LogP contribution in [-0.4, -0.2) is 50.4 Å². The Labute approximate surface area is 178 Å². The van der Waals surface area contributed by atoms with Crippen LogP contribution < -0.4 is 0 Å². The van der Waals surface area contributed by atoms with Crippen LogP contribution in [0.3, 0.4) is 0 Å². The predicted molar refractivity (Wildman–Crippen MR) is 107 cm³/mol. The van der Waals surface area contributed by atoms with Crippen LogP contribution in [0.1, 0.15) is 12.5 Å². The van der Waals surface area contributed by atoms with Gasteiger partial charge in [0, 0.05) is 22.8 Å². The normalized spacial score (nSPS) is 20.3. The number of hydrogen-bond acceptors (Lipinski definition) is 9. The lowest BCUT2D eigenvalue weighted by Gasteiger charge is -2.47. The number of benzene rings is 1. The molecule has 0 aromatic heterocycles. The Hall–Kier alpha value is -2.22. The fraction of sp³-hybridized carbons (Fsp3) is 0.500. The van der Waals surface area contributed by atoms with E-state index in [0.717, 1.165) is 0 Å². The van der Waals surface area contributed by atoms with Gasteiger partial charge < -0.3 is 13.9 Å². The van der Waals surface area contributed by atoms with Crippen LogP contribution in [0.4, 0.5) is 10.5 Å². The molecule has 0 spiro atoms. The first-order chi connectivity index (χ1) is 13.7. The number of β-lactam (4-membered cyclic amide) rings is 1. The second-order valence-electron chi connectivity index (χ2n) is 7.51. The van der Waals surface area contributed by atoms with Crippen LogP contribution in [0.15, 0.2) is 24.3 Å². The molecule has 14 heteroatoms. The average molecular weight is 481 g/mol. The molecular weight excluding hydrogens is 460 g/mol. The van der Waals surface area contributed by atoms with E-state index in [1.54, 1.807) is 19.6 Å². The lowest BCUT2D eigenvalue weighted by Crippen LogP contribution is -2.68. The number of nitrogens with zero attached hydrogens (tertiary/aromatic N) is 2. The predicted octanol–water partition coefficient (Wildman–Crippen LogP) is 2.76. The first kappa shape index (κ1) is 24.1. The number of nitro benzene ring substituents is 1. The summed E-state index contributed by atoms with van der Waals surface area (Å²) in [7, 11) is -1.32. The zero-order valence-electron chi connectivity index (χ0n) is 16.6. The highest BCUT2D eigenvalue weighted by Crippen LogP contribution is 2.37. The lowest BCUT2D eigenvalue weighted by atomic mass is 9.93. The Morgan fingerprint density at radius 2 is 1.87 bits per heavy atom. The number of rotatable bonds is 8. The standard InChI is InChI=1S/C16H21ClN2O9SSi/c1-10(13-14(20)18(29(17,24)25)15(13)28-30(2,3)4)27-16(21)26-9-11-5-7-12(8-6-11)19(22)23/h5-8,10,13,15H,9H2,1-4H3. The summed E-state index contributed by atoms with van der Waals surface area (Å²) in [5.74, 6) is -1.90. The molecule has 3 unspecified atom stereocenters. The highest BCUT2D eigenvalue weighted by molar-refractivity contribution is 8.12. The first-order valence-electron chi connectivity index (χ1n) is 8.73. The van der Waals surface area contributed by atoms with Crippen LogP contribution in [0, 0.1) is 16.0 Å². The Bertz CT molecular complexity index is 933. The molecule has 1 amide bonds. The van der Waals surface area contributed by atoms with Crippen molar-refractivity contribution in [1.82, 2.24) is 4.31 Å². The fourth-order valence-electron chi connectivity index (χ4n) is 2.72. The van der Waals surface area contributed by atoms with Gasteiger partial charge in [0.05, 0.1) is 4.92 Å². The minimum absolute atomic E-state index is 0.106. The van der Waals surface area contributed by atoms with E-state index < -0.39 is 52.8 Å². The van der Waals surface area contributed by atoms with Crippen LogP contribution >= 0.6 is 10.7 Å². The number of carbonyl (C=O) groups excluding carboxylic acids is 2. The van der Waals surface area contributed by atoms with Gasteiger partial charge in [0.1, 0.15) is 18.6 Å². The van der Waals surface area contributed by atoms with Gasteiger partial charge in [-0.3, -0.25) is 14.9 Å². The van der Waals surface area contributed by atoms with E-state index in [-0.39, 0.29) is 12.3 Å². The van der Waals surface area contributed by atoms with Crippen molar-refractivity contribution in [3.8, 4) is 0 Å². The monoisotopic (exact) mass is 480 g/mol. The van der Waals surface area contributed by atoms with Gasteiger partial charge in [-0.25, -0.2) is 4.79 Å². The quantitative estimate of drug-likeness (QED) is 0.137. The third-order valence-electron chi connectivity index (χ3n) is 4.04. The largest absolute Gasteiger partial charge is 0.508 e. The maximum Gasteiger partial charge on any atom is 0.508 e. The summed E-state index contributed by atoms with van der Waals surface area (Å²) in [6, 6.07) is 5.37. The summed E-state index contributed by atoms with van der Waals surface area (Å²) < 4.78 is 39.6. The van der Waals surface area contributed by atoms with Crippen molar-refractivity contribution in [2.45, 2.75) is 45.5 Å². The van der Waals surface area contributed by atoms with Gasteiger partial charge in [0.15, 0.2) is 14.5 Å². The van der Waals surface area contributed by atoms with Crippen LogP contribution in [0.2, 0.25) is 19.6 Å². The molecule has 1 aromatic rings. The molecule has 1 aliphatic rings. The van der Waals surface area contributed by atoms with Crippen LogP contribution in [0.25, 0.3) is 0 Å². The van der Waals surface area contributed by atoms with E-state index in [0.29, 0.717) is 9.87 Å². The number of nitro groups is 1. The molecule has 3 atom stereocenters. The maximum atomic E-state index is 12.3. The second kappa shape index (κ2) is 8.87. The number of carbonyl (C=O) groups is 2. The zero-order valence-corrected chi connectivity index (χ0v) is 19.2. The summed E-state index contributed by atoms with van der Waals surface area (Å²) in [5, 5.41) is 10.6. The van der Waals surface area contributed by atoms with E-state index in [9.17, 15) is 28.1 Å². The van der Waals surface area contributed by atoms with Gasteiger partial charge in [0.2, 0.25) is 0 Å². The first-order valence-corrected chi connectivity index (χ1v) is 14.4. The van der Waals surface area contributed by atoms with Crippen molar-refractivity contribution in [3.63, 3.8) is 0 Å². The maximum absolute atomic E-state index is 12.3. The summed E-state index contributed by atoms with van der Waals surface area (Å²) in [6.45, 7) is 6.61. The van der Waals surface area contributed by atoms with Gasteiger partial charge in [-0.05, 0) is 44.3 Å². The van der Waals surface area contributed by atoms with E-state index in [2.05, 4.69) is 0 Å². The van der Waals surface area contributed by atoms with Gasteiger partial charge in [-0.1, -0.05) is 0 Å². The SMILES string of the molecule is CC(OC(=O)OCc1ccc([N+](=O)[O-])cc1)C1C(=O)N(S(=O)(=O)Cl)C1O[Si](C)(C)C. The molecule has 0 N–H and O–H groups in total. The summed E-state index contributed by atoms with van der Waals surface area (Å²) in [4.78, 5) is 34.4. The van der Waals surface area contributed by atoms with E-state index in [1.807, 2.05) is 0 Å². The topological polar surface area (TPSA) is 142 Å². The van der Waals surface area contributed by atoms with E-state index >= 15 is 0 Å². The molecule has 0 saturated carbocycles. The molecule has 1 saturated heterocycles. The van der Waals surface area contributed by atoms with E-state index in [1.165, 1.54) is 31.2 Å². The molecule has 11 nitrogen and oxygen atoms in total. The summed E-state index contributed by atoms with van der Waals surface area (Å²) >= 11 is 0. The molecule has 1 aromatic carbocycles. The van der Waals surface area contributed by atoms with Crippen molar-refractivity contribution < 1.29 is 36.8 Å². The molecule has 0 bridgehead atoms. The smallest absolute Gasteiger partial charge is 0.430 e. The van der Waals surface area contributed by atoms with Crippen molar-refractivity contribution in [2.24, 2.45) is 5.92 Å². The Kier molecular flexibility index (Phi) is 7.11. The molecule has 166 valence electrons. The summed E-state index contributed by atoms with van der Waals surface area (Å²) in [6.07, 6.45) is -3.31. The minimum atomic E-state index is -4.35. The van der Waals surface area contributed by atoms with Crippen molar-refractivity contribution in [1.29, 1.82) is 0 Å². The van der Waals surface area contributed by atoms with Crippen molar-refractivity contribution in [2.75, 3.05) is 0 Å². The number of non-ortho nitro benzene ring substituents is 1. The number of ether oxygens (including phenoxy) is 2. The molecule has 30 heavy (non-hydrogen) atoms. The fourth-order valence-corrected chi connectivity index (χ4v) is 4.97. The third kappa shape index (κ3) is 5.90. The lowest BCUT2D eigenvalue weighted by molar-refractivity contribution is -0.384. The highest BCUT2D eigenvalue weighted by atomic mass is 35.7. The van der Waals surface area contributed by atoms with Gasteiger partial charge >= 0.3 is 15.4 Å². The molecule has 1 heterocycles. The van der Waals surface area contributed by atoms with Crippen LogP contribution in [0.5, 0.6) is 0 Å². The highest BCUT2D eigenvalue weighted by Gasteiger charge is 2.58. The number of halogens is 1. The molecule has 0 radical (unpaired) electrons. The van der Waals surface area contributed by atoms with Gasteiger partial charge in [-0.2, -0.15) is 12.7 Å². The number of hydrogen-bond donors (Lipinski definition) is 0. The third-order valence-corrected chi connectivity index (χ3v) is 6.29. The Balaban J connectivity index is 1.99. The van der Waals surface area contributed by atoms with Gasteiger partial charge in [0.25, 0.3) is 11.6 Å². The van der Waals surface area contributed by atoms with Crippen LogP contribution in [-0.2, 0) is 34.5 Å². The summed E-state index contributed by atoms with van der Waals surface area (Å²) in [5.41, 5.74) is 0.384. The molecule has 1 fully saturated rings. The number of amides is 1.